The molecule has 5 nitrogen and oxygen atoms in total. The molecule has 0 aliphatic carbocycles. The molecule has 0 bridgehead atoms. The van der Waals surface area contributed by atoms with Crippen molar-refractivity contribution < 1.29 is 22.8 Å². The molecule has 0 fully saturated rings. The van der Waals surface area contributed by atoms with Crippen LogP contribution in [-0.4, -0.2) is 17.3 Å². The van der Waals surface area contributed by atoms with Gasteiger partial charge in [-0.3, -0.25) is 0 Å². The molecule has 0 unspecified atom stereocenters. The van der Waals surface area contributed by atoms with Crippen molar-refractivity contribution >= 4 is 0 Å². The first kappa shape index (κ1) is 18.6. The van der Waals surface area contributed by atoms with E-state index in [1.807, 2.05) is 24.3 Å². The van der Waals surface area contributed by atoms with Gasteiger partial charge in [0, 0.05) is 11.1 Å². The van der Waals surface area contributed by atoms with Crippen molar-refractivity contribution in [1.29, 1.82) is 0 Å². The van der Waals surface area contributed by atoms with E-state index in [-0.39, 0.29) is 12.2 Å². The van der Waals surface area contributed by atoms with Gasteiger partial charge < -0.3 is 14.0 Å². The minimum atomic E-state index is -0.515. The van der Waals surface area contributed by atoms with E-state index in [2.05, 4.69) is 10.1 Å². The Kier molecular flexibility index (Phi) is 5.20. The van der Waals surface area contributed by atoms with Crippen LogP contribution in [0, 0.1) is 11.6 Å². The Morgan fingerprint density at radius 3 is 2.55 bits per heavy atom. The lowest BCUT2D eigenvalue weighted by Gasteiger charge is -2.07. The summed E-state index contributed by atoms with van der Waals surface area (Å²) < 4.78 is 43.1. The van der Waals surface area contributed by atoms with Gasteiger partial charge in [-0.15, -0.1) is 0 Å². The van der Waals surface area contributed by atoms with Gasteiger partial charge in [0.25, 0.3) is 5.89 Å². The smallest absolute Gasteiger partial charge is 0.262 e. The summed E-state index contributed by atoms with van der Waals surface area (Å²) >= 11 is 0. The van der Waals surface area contributed by atoms with Crippen LogP contribution in [0.25, 0.3) is 22.8 Å². The number of methoxy groups -OCH3 is 1. The first-order valence-corrected chi connectivity index (χ1v) is 8.78. The summed E-state index contributed by atoms with van der Waals surface area (Å²) in [4.78, 5) is 4.41. The molecule has 0 aliphatic heterocycles. The Labute approximate surface area is 165 Å². The van der Waals surface area contributed by atoms with Crippen molar-refractivity contribution in [1.82, 2.24) is 10.1 Å². The number of ether oxygens (including phenoxy) is 2. The van der Waals surface area contributed by atoms with Gasteiger partial charge >= 0.3 is 0 Å². The van der Waals surface area contributed by atoms with E-state index in [0.29, 0.717) is 28.8 Å². The highest BCUT2D eigenvalue weighted by Crippen LogP contribution is 2.30. The predicted octanol–water partition coefficient (Wildman–Crippen LogP) is 5.27. The number of halogens is 2. The Morgan fingerprint density at radius 2 is 1.76 bits per heavy atom. The molecule has 0 spiro atoms. The van der Waals surface area contributed by atoms with Gasteiger partial charge in [0.2, 0.25) is 5.82 Å². The average Bonchev–Trinajstić information content (AvgIpc) is 3.25. The lowest BCUT2D eigenvalue weighted by molar-refractivity contribution is 0.299. The van der Waals surface area contributed by atoms with Crippen molar-refractivity contribution in [3.05, 3.63) is 83.9 Å². The van der Waals surface area contributed by atoms with Crippen LogP contribution in [0.15, 0.2) is 71.3 Å². The van der Waals surface area contributed by atoms with Gasteiger partial charge in [0.05, 0.1) is 12.7 Å². The zero-order valence-electron chi connectivity index (χ0n) is 15.4. The third-order valence-electron chi connectivity index (χ3n) is 4.28. The fraction of sp³-hybridized carbons (Fsp3) is 0.0909. The Balaban J connectivity index is 1.48. The highest BCUT2D eigenvalue weighted by atomic mass is 19.1. The minimum absolute atomic E-state index is 0.0803. The number of para-hydroxylation sites is 1. The molecule has 0 amide bonds. The molecule has 0 atom stereocenters. The first-order valence-electron chi connectivity index (χ1n) is 8.78. The highest BCUT2D eigenvalue weighted by molar-refractivity contribution is 5.65. The second-order valence-electron chi connectivity index (χ2n) is 6.17. The van der Waals surface area contributed by atoms with E-state index >= 15 is 0 Å². The molecule has 1 heterocycles. The maximum Gasteiger partial charge on any atom is 0.262 e. The van der Waals surface area contributed by atoms with Crippen molar-refractivity contribution in [3.8, 4) is 34.3 Å². The van der Waals surface area contributed by atoms with E-state index in [1.165, 1.54) is 0 Å². The summed E-state index contributed by atoms with van der Waals surface area (Å²) in [5.74, 6) is 0.872. The molecule has 0 radical (unpaired) electrons. The molecule has 1 aromatic heterocycles. The van der Waals surface area contributed by atoms with Crippen molar-refractivity contribution in [2.45, 2.75) is 6.61 Å². The number of hydrogen-bond acceptors (Lipinski definition) is 5. The highest BCUT2D eigenvalue weighted by Gasteiger charge is 2.14. The second-order valence-corrected chi connectivity index (χ2v) is 6.17. The maximum atomic E-state index is 13.7. The molecule has 0 aliphatic rings. The average molecular weight is 394 g/mol. The second kappa shape index (κ2) is 8.10. The van der Waals surface area contributed by atoms with Gasteiger partial charge in [0.15, 0.2) is 0 Å². The van der Waals surface area contributed by atoms with Crippen molar-refractivity contribution in [2.75, 3.05) is 7.11 Å². The quantitative estimate of drug-likeness (QED) is 0.446. The standard InChI is InChI=1S/C22H16F2N2O3/c1-27-20-5-3-2-4-18(20)22-25-21(26-29-22)14-6-9-17(10-7-14)28-13-15-12-16(23)8-11-19(15)24/h2-12H,13H2,1H3. The lowest BCUT2D eigenvalue weighted by Crippen LogP contribution is -1.99. The zero-order valence-corrected chi connectivity index (χ0v) is 15.4. The summed E-state index contributed by atoms with van der Waals surface area (Å²) in [5.41, 5.74) is 1.57. The summed E-state index contributed by atoms with van der Waals surface area (Å²) in [5, 5.41) is 4.01. The van der Waals surface area contributed by atoms with Gasteiger partial charge in [-0.25, -0.2) is 8.78 Å². The van der Waals surface area contributed by atoms with Crippen LogP contribution in [-0.2, 0) is 6.61 Å². The van der Waals surface area contributed by atoms with Crippen LogP contribution in [0.1, 0.15) is 5.56 Å². The fourth-order valence-corrected chi connectivity index (χ4v) is 2.79. The van der Waals surface area contributed by atoms with Crippen LogP contribution >= 0.6 is 0 Å². The summed E-state index contributed by atoms with van der Waals surface area (Å²) in [6, 6.07) is 17.5. The zero-order chi connectivity index (χ0) is 20.2. The summed E-state index contributed by atoms with van der Waals surface area (Å²) in [6.07, 6.45) is 0. The van der Waals surface area contributed by atoms with Crippen molar-refractivity contribution in [2.24, 2.45) is 0 Å². The molecule has 0 N–H and O–H groups in total. The molecule has 0 saturated carbocycles. The number of rotatable bonds is 6. The molecule has 4 rings (SSSR count). The molecule has 7 heteroatoms. The SMILES string of the molecule is COc1ccccc1-c1nc(-c2ccc(OCc3cc(F)ccc3F)cc2)no1. The van der Waals surface area contributed by atoms with E-state index in [1.54, 1.807) is 31.4 Å². The van der Waals surface area contributed by atoms with E-state index in [9.17, 15) is 8.78 Å². The van der Waals surface area contributed by atoms with E-state index in [4.69, 9.17) is 14.0 Å². The van der Waals surface area contributed by atoms with Gasteiger partial charge in [0.1, 0.15) is 29.7 Å². The van der Waals surface area contributed by atoms with Crippen LogP contribution in [0.4, 0.5) is 8.78 Å². The van der Waals surface area contributed by atoms with Crippen LogP contribution < -0.4 is 9.47 Å². The molecule has 0 saturated heterocycles. The van der Waals surface area contributed by atoms with Crippen LogP contribution in [0.5, 0.6) is 11.5 Å². The molecule has 4 aromatic rings. The first-order chi connectivity index (χ1) is 14.1. The molecule has 3 aromatic carbocycles. The normalized spacial score (nSPS) is 10.7. The number of nitrogens with zero attached hydrogens (tertiary/aromatic N) is 2. The van der Waals surface area contributed by atoms with Crippen molar-refractivity contribution in [3.63, 3.8) is 0 Å². The monoisotopic (exact) mass is 394 g/mol. The van der Waals surface area contributed by atoms with E-state index in [0.717, 1.165) is 23.8 Å². The summed E-state index contributed by atoms with van der Waals surface area (Å²) in [7, 11) is 1.57. The van der Waals surface area contributed by atoms with Gasteiger partial charge in [-0.2, -0.15) is 4.98 Å². The maximum absolute atomic E-state index is 13.7. The van der Waals surface area contributed by atoms with Crippen LogP contribution in [0.2, 0.25) is 0 Å². The Bertz CT molecular complexity index is 1130. The molecular formula is C22H16F2N2O3. The lowest BCUT2D eigenvalue weighted by atomic mass is 10.2. The molecule has 146 valence electrons. The fourth-order valence-electron chi connectivity index (χ4n) is 2.79. The Hall–Kier alpha value is -3.74. The predicted molar refractivity (Wildman–Crippen MR) is 102 cm³/mol. The number of benzene rings is 3. The van der Waals surface area contributed by atoms with Crippen LogP contribution in [0.3, 0.4) is 0 Å². The third-order valence-corrected chi connectivity index (χ3v) is 4.28. The number of hydrogen-bond donors (Lipinski definition) is 0. The van der Waals surface area contributed by atoms with E-state index < -0.39 is 11.6 Å². The minimum Gasteiger partial charge on any atom is -0.496 e. The third kappa shape index (κ3) is 4.08. The molecular weight excluding hydrogens is 378 g/mol. The largest absolute Gasteiger partial charge is 0.496 e. The topological polar surface area (TPSA) is 57.4 Å². The summed E-state index contributed by atoms with van der Waals surface area (Å²) in [6.45, 7) is -0.0803. The van der Waals surface area contributed by atoms with Gasteiger partial charge in [-0.05, 0) is 54.6 Å². The molecule has 29 heavy (non-hydrogen) atoms. The van der Waals surface area contributed by atoms with Gasteiger partial charge in [-0.1, -0.05) is 17.3 Å². The number of aromatic nitrogens is 2. The Morgan fingerprint density at radius 1 is 0.966 bits per heavy atom.